The van der Waals surface area contributed by atoms with Crippen LogP contribution >= 0.6 is 23.4 Å². The quantitative estimate of drug-likeness (QED) is 0.401. The number of benzene rings is 3. The fraction of sp³-hybridized carbons (Fsp3) is 0.179. The van der Waals surface area contributed by atoms with Crippen molar-refractivity contribution in [2.24, 2.45) is 0 Å². The van der Waals surface area contributed by atoms with Crippen molar-refractivity contribution in [1.82, 2.24) is 9.80 Å². The standard InChI is InChI=1S/C28H23ClN2O4S/c29-23-10-8-19(9-11-23)18-35-24-7-3-4-20(14-24)15-25-27(33)31(28(34)36-25)17-26(32)30-13-12-21-5-1-2-6-22(21)16-30/h1-11,14-15H,12-13,16-18H2/b25-15+. The zero-order valence-corrected chi connectivity index (χ0v) is 20.9. The van der Waals surface area contributed by atoms with E-state index in [-0.39, 0.29) is 17.4 Å². The summed E-state index contributed by atoms with van der Waals surface area (Å²) in [6.45, 7) is 1.18. The third kappa shape index (κ3) is 5.48. The summed E-state index contributed by atoms with van der Waals surface area (Å²) >= 11 is 6.77. The van der Waals surface area contributed by atoms with Gasteiger partial charge in [0.25, 0.3) is 11.1 Å². The van der Waals surface area contributed by atoms with Gasteiger partial charge in [0.1, 0.15) is 18.9 Å². The van der Waals surface area contributed by atoms with Gasteiger partial charge in [-0.05, 0) is 70.8 Å². The molecule has 1 fully saturated rings. The summed E-state index contributed by atoms with van der Waals surface area (Å²) in [7, 11) is 0. The van der Waals surface area contributed by atoms with E-state index in [9.17, 15) is 14.4 Å². The minimum atomic E-state index is -0.455. The fourth-order valence-electron chi connectivity index (χ4n) is 4.17. The lowest BCUT2D eigenvalue weighted by molar-refractivity contribution is -0.136. The fourth-order valence-corrected chi connectivity index (χ4v) is 5.14. The number of carbonyl (C=O) groups excluding carboxylic acids is 3. The van der Waals surface area contributed by atoms with Gasteiger partial charge in [-0.3, -0.25) is 19.3 Å². The van der Waals surface area contributed by atoms with Gasteiger partial charge in [-0.25, -0.2) is 0 Å². The number of nitrogens with zero attached hydrogens (tertiary/aromatic N) is 2. The number of rotatable bonds is 6. The van der Waals surface area contributed by atoms with Crippen LogP contribution in [0, 0.1) is 0 Å². The monoisotopic (exact) mass is 518 g/mol. The summed E-state index contributed by atoms with van der Waals surface area (Å²) in [5.41, 5.74) is 4.04. The minimum absolute atomic E-state index is 0.231. The normalized spacial score (nSPS) is 16.4. The van der Waals surface area contributed by atoms with Crippen LogP contribution in [0.5, 0.6) is 5.75 Å². The molecule has 5 rings (SSSR count). The topological polar surface area (TPSA) is 66.9 Å². The number of amides is 3. The largest absolute Gasteiger partial charge is 0.489 e. The van der Waals surface area contributed by atoms with Crippen LogP contribution in [0.3, 0.4) is 0 Å². The Morgan fingerprint density at radius 2 is 1.78 bits per heavy atom. The Bertz CT molecular complexity index is 1360. The third-order valence-electron chi connectivity index (χ3n) is 6.12. The van der Waals surface area contributed by atoms with Crippen LogP contribution in [0.15, 0.2) is 77.7 Å². The van der Waals surface area contributed by atoms with Crippen molar-refractivity contribution >= 4 is 46.5 Å². The first-order chi connectivity index (χ1) is 17.5. The maximum absolute atomic E-state index is 13.0. The Labute approximate surface area is 218 Å². The lowest BCUT2D eigenvalue weighted by atomic mass is 10.00. The second-order valence-electron chi connectivity index (χ2n) is 8.59. The molecule has 0 bridgehead atoms. The van der Waals surface area contributed by atoms with Crippen LogP contribution in [0.1, 0.15) is 22.3 Å². The Kier molecular flexibility index (Phi) is 7.11. The van der Waals surface area contributed by atoms with E-state index in [1.165, 1.54) is 5.56 Å². The van der Waals surface area contributed by atoms with Gasteiger partial charge in [-0.15, -0.1) is 0 Å². The van der Waals surface area contributed by atoms with Crippen molar-refractivity contribution in [3.8, 4) is 5.75 Å². The predicted octanol–water partition coefficient (Wildman–Crippen LogP) is 5.54. The van der Waals surface area contributed by atoms with E-state index in [1.807, 2.05) is 60.7 Å². The van der Waals surface area contributed by atoms with Crippen molar-refractivity contribution in [3.63, 3.8) is 0 Å². The first-order valence-corrected chi connectivity index (χ1v) is 12.7. The molecule has 0 saturated carbocycles. The molecule has 3 aromatic carbocycles. The number of fused-ring (bicyclic) bond motifs is 1. The highest BCUT2D eigenvalue weighted by Crippen LogP contribution is 2.33. The number of halogens is 1. The highest BCUT2D eigenvalue weighted by molar-refractivity contribution is 8.18. The molecule has 0 unspecified atom stereocenters. The highest BCUT2D eigenvalue weighted by atomic mass is 35.5. The van der Waals surface area contributed by atoms with Crippen molar-refractivity contribution in [3.05, 3.63) is 105 Å². The molecule has 182 valence electrons. The molecule has 8 heteroatoms. The van der Waals surface area contributed by atoms with Crippen molar-refractivity contribution in [2.75, 3.05) is 13.1 Å². The maximum Gasteiger partial charge on any atom is 0.294 e. The zero-order chi connectivity index (χ0) is 25.1. The van der Waals surface area contributed by atoms with E-state index in [4.69, 9.17) is 16.3 Å². The SMILES string of the molecule is O=C(CN1C(=O)S/C(=C/c2cccc(OCc3ccc(Cl)cc3)c2)C1=O)N1CCc2ccccc2C1. The summed E-state index contributed by atoms with van der Waals surface area (Å²) in [5, 5.41) is 0.227. The molecular weight excluding hydrogens is 496 g/mol. The molecule has 1 saturated heterocycles. The molecule has 0 N–H and O–H groups in total. The van der Waals surface area contributed by atoms with E-state index in [1.54, 1.807) is 17.0 Å². The summed E-state index contributed by atoms with van der Waals surface area (Å²) in [6, 6.07) is 22.7. The molecule has 2 aliphatic heterocycles. The number of imide groups is 1. The van der Waals surface area contributed by atoms with Crippen LogP contribution in [-0.2, 0) is 29.2 Å². The zero-order valence-electron chi connectivity index (χ0n) is 19.4. The summed E-state index contributed by atoms with van der Waals surface area (Å²) < 4.78 is 5.86. The molecule has 0 radical (unpaired) electrons. The molecule has 2 heterocycles. The number of carbonyl (C=O) groups is 3. The van der Waals surface area contributed by atoms with Crippen molar-refractivity contribution in [1.29, 1.82) is 0 Å². The Hall–Kier alpha value is -3.55. The number of hydrogen-bond acceptors (Lipinski definition) is 5. The van der Waals surface area contributed by atoms with Crippen LogP contribution < -0.4 is 4.74 Å². The molecule has 0 aromatic heterocycles. The van der Waals surface area contributed by atoms with Gasteiger partial charge in [-0.1, -0.05) is 60.1 Å². The van der Waals surface area contributed by atoms with Crippen LogP contribution in [-0.4, -0.2) is 39.9 Å². The van der Waals surface area contributed by atoms with Gasteiger partial charge in [0, 0.05) is 18.1 Å². The van der Waals surface area contributed by atoms with Gasteiger partial charge in [-0.2, -0.15) is 0 Å². The van der Waals surface area contributed by atoms with Crippen molar-refractivity contribution < 1.29 is 19.1 Å². The molecule has 0 spiro atoms. The Balaban J connectivity index is 1.22. The summed E-state index contributed by atoms with van der Waals surface area (Å²) in [6.07, 6.45) is 2.42. The average Bonchev–Trinajstić information content (AvgIpc) is 3.15. The minimum Gasteiger partial charge on any atom is -0.489 e. The van der Waals surface area contributed by atoms with Crippen LogP contribution in [0.25, 0.3) is 6.08 Å². The number of thioether (sulfide) groups is 1. The van der Waals surface area contributed by atoms with Crippen LogP contribution in [0.4, 0.5) is 4.79 Å². The van der Waals surface area contributed by atoms with Gasteiger partial charge in [0.15, 0.2) is 0 Å². The molecular formula is C28H23ClN2O4S. The average molecular weight is 519 g/mol. The molecule has 0 aliphatic carbocycles. The maximum atomic E-state index is 13.0. The van der Waals surface area contributed by atoms with E-state index in [0.717, 1.165) is 39.8 Å². The Morgan fingerprint density at radius 3 is 2.58 bits per heavy atom. The van der Waals surface area contributed by atoms with Gasteiger partial charge in [0.2, 0.25) is 5.91 Å². The number of ether oxygens (including phenoxy) is 1. The first kappa shape index (κ1) is 24.2. The Morgan fingerprint density at radius 1 is 1.00 bits per heavy atom. The second kappa shape index (κ2) is 10.6. The predicted molar refractivity (Wildman–Crippen MR) is 140 cm³/mol. The van der Waals surface area contributed by atoms with Crippen LogP contribution in [0.2, 0.25) is 5.02 Å². The molecule has 3 aromatic rings. The second-order valence-corrected chi connectivity index (χ2v) is 10.0. The number of hydrogen-bond donors (Lipinski definition) is 0. The first-order valence-electron chi connectivity index (χ1n) is 11.5. The molecule has 6 nitrogen and oxygen atoms in total. The molecule has 3 amide bonds. The molecule has 0 atom stereocenters. The summed E-state index contributed by atoms with van der Waals surface area (Å²) in [5.74, 6) is -0.0487. The molecule has 2 aliphatic rings. The van der Waals surface area contributed by atoms with E-state index in [2.05, 4.69) is 6.07 Å². The lowest BCUT2D eigenvalue weighted by Gasteiger charge is -2.29. The van der Waals surface area contributed by atoms with Gasteiger partial charge >= 0.3 is 0 Å². The van der Waals surface area contributed by atoms with E-state index >= 15 is 0 Å². The van der Waals surface area contributed by atoms with E-state index < -0.39 is 11.1 Å². The molecule has 36 heavy (non-hydrogen) atoms. The lowest BCUT2D eigenvalue weighted by Crippen LogP contribution is -2.44. The summed E-state index contributed by atoms with van der Waals surface area (Å²) in [4.78, 5) is 41.5. The smallest absolute Gasteiger partial charge is 0.294 e. The highest BCUT2D eigenvalue weighted by Gasteiger charge is 2.37. The third-order valence-corrected chi connectivity index (χ3v) is 7.28. The van der Waals surface area contributed by atoms with E-state index in [0.29, 0.717) is 30.5 Å². The van der Waals surface area contributed by atoms with Gasteiger partial charge < -0.3 is 9.64 Å². The van der Waals surface area contributed by atoms with Gasteiger partial charge in [0.05, 0.1) is 4.91 Å². The van der Waals surface area contributed by atoms with Crippen molar-refractivity contribution in [2.45, 2.75) is 19.6 Å².